The van der Waals surface area contributed by atoms with Gasteiger partial charge in [-0.25, -0.2) is 13.4 Å². The van der Waals surface area contributed by atoms with E-state index in [0.29, 0.717) is 30.9 Å². The number of sulfonamides is 1. The van der Waals surface area contributed by atoms with Gasteiger partial charge >= 0.3 is 0 Å². The average Bonchev–Trinajstić information content (AvgIpc) is 2.70. The predicted octanol–water partition coefficient (Wildman–Crippen LogP) is 0.355. The van der Waals surface area contributed by atoms with Crippen LogP contribution in [0.15, 0.2) is 18.2 Å². The third-order valence-corrected chi connectivity index (χ3v) is 4.39. The van der Waals surface area contributed by atoms with Gasteiger partial charge in [0, 0.05) is 13.0 Å². The molecular weight excluding hydrogens is 252 g/mol. The van der Waals surface area contributed by atoms with Crippen molar-refractivity contribution >= 4 is 15.8 Å². The first-order chi connectivity index (χ1) is 8.63. The number of rotatable bonds is 2. The summed E-state index contributed by atoms with van der Waals surface area (Å²) in [7, 11) is -3.20. The molecule has 0 atom stereocenters. The van der Waals surface area contributed by atoms with E-state index < -0.39 is 10.0 Å². The number of aliphatic hydroxyl groups is 1. The minimum Gasteiger partial charge on any atom is -0.395 e. The van der Waals surface area contributed by atoms with Crippen LogP contribution in [0.1, 0.15) is 18.5 Å². The fourth-order valence-electron chi connectivity index (χ4n) is 1.74. The lowest BCUT2D eigenvalue weighted by Crippen LogP contribution is -2.26. The molecule has 1 aromatic heterocycles. The Morgan fingerprint density at radius 3 is 2.94 bits per heavy atom. The van der Waals surface area contributed by atoms with Crippen molar-refractivity contribution in [3.05, 3.63) is 23.9 Å². The highest BCUT2D eigenvalue weighted by molar-refractivity contribution is 7.93. The van der Waals surface area contributed by atoms with E-state index in [1.807, 2.05) is 0 Å². The molecule has 1 N–H and O–H groups in total. The fraction of sp³-hybridized carbons (Fsp3) is 0.417. The molecule has 96 valence electrons. The van der Waals surface area contributed by atoms with Crippen molar-refractivity contribution in [2.45, 2.75) is 12.8 Å². The van der Waals surface area contributed by atoms with Crippen molar-refractivity contribution in [1.82, 2.24) is 4.98 Å². The molecule has 1 aromatic rings. The number of anilines is 1. The molecule has 6 heteroatoms. The lowest BCUT2D eigenvalue weighted by Gasteiger charge is -2.15. The van der Waals surface area contributed by atoms with Gasteiger partial charge in [0.15, 0.2) is 0 Å². The van der Waals surface area contributed by atoms with E-state index in [1.165, 1.54) is 4.31 Å². The van der Waals surface area contributed by atoms with Gasteiger partial charge in [-0.2, -0.15) is 0 Å². The Kier molecular flexibility index (Phi) is 3.84. The number of pyridine rings is 1. The van der Waals surface area contributed by atoms with E-state index in [1.54, 1.807) is 18.2 Å². The second-order valence-electron chi connectivity index (χ2n) is 3.90. The third-order valence-electron chi connectivity index (χ3n) is 2.54. The van der Waals surface area contributed by atoms with Crippen LogP contribution in [-0.4, -0.2) is 37.4 Å². The lowest BCUT2D eigenvalue weighted by molar-refractivity contribution is 0.305. The summed E-state index contributed by atoms with van der Waals surface area (Å²) < 4.78 is 24.8. The van der Waals surface area contributed by atoms with Crippen molar-refractivity contribution < 1.29 is 13.5 Å². The highest BCUT2D eigenvalue weighted by Crippen LogP contribution is 2.21. The molecule has 0 unspecified atom stereocenters. The smallest absolute Gasteiger partial charge is 0.236 e. The maximum absolute atomic E-state index is 11.8. The molecule has 1 saturated heterocycles. The quantitative estimate of drug-likeness (QED) is 0.784. The van der Waals surface area contributed by atoms with Crippen LogP contribution >= 0.6 is 0 Å². The standard InChI is InChI=1S/C12H14N2O3S/c15-9-2-1-5-11-6-3-7-12(13-11)14-8-4-10-18(14,16)17/h3,6-7,15H,2,4,8-10H2. The Labute approximate surface area is 107 Å². The molecule has 0 amide bonds. The van der Waals surface area contributed by atoms with Crippen molar-refractivity contribution in [2.24, 2.45) is 0 Å². The highest BCUT2D eigenvalue weighted by atomic mass is 32.2. The second-order valence-corrected chi connectivity index (χ2v) is 5.91. The van der Waals surface area contributed by atoms with Crippen LogP contribution in [0.3, 0.4) is 0 Å². The van der Waals surface area contributed by atoms with Crippen LogP contribution in [0.5, 0.6) is 0 Å². The van der Waals surface area contributed by atoms with Gasteiger partial charge in [-0.15, -0.1) is 0 Å². The van der Waals surface area contributed by atoms with Crippen LogP contribution in [0.2, 0.25) is 0 Å². The SMILES string of the molecule is O=S1(=O)CCCN1c1cccc(C#CCCO)n1. The van der Waals surface area contributed by atoms with E-state index >= 15 is 0 Å². The lowest BCUT2D eigenvalue weighted by atomic mass is 10.3. The molecule has 2 rings (SSSR count). The van der Waals surface area contributed by atoms with E-state index in [4.69, 9.17) is 5.11 Å². The van der Waals surface area contributed by atoms with E-state index in [0.717, 1.165) is 0 Å². The van der Waals surface area contributed by atoms with Gasteiger partial charge in [-0.1, -0.05) is 12.0 Å². The third kappa shape index (κ3) is 2.81. The zero-order valence-corrected chi connectivity index (χ0v) is 10.7. The van der Waals surface area contributed by atoms with E-state index in [2.05, 4.69) is 16.8 Å². The fourth-order valence-corrected chi connectivity index (χ4v) is 3.25. The average molecular weight is 266 g/mol. The summed E-state index contributed by atoms with van der Waals surface area (Å²) in [5, 5.41) is 8.63. The van der Waals surface area contributed by atoms with Crippen LogP contribution in [0, 0.1) is 11.8 Å². The first kappa shape index (κ1) is 12.9. The van der Waals surface area contributed by atoms with Crippen LogP contribution in [0.25, 0.3) is 0 Å². The van der Waals surface area contributed by atoms with Gasteiger partial charge in [-0.3, -0.25) is 4.31 Å². The van der Waals surface area contributed by atoms with Gasteiger partial charge in [0.1, 0.15) is 11.5 Å². The zero-order valence-electron chi connectivity index (χ0n) is 9.83. The monoisotopic (exact) mass is 266 g/mol. The number of aromatic nitrogens is 1. The summed E-state index contributed by atoms with van der Waals surface area (Å²) in [5.41, 5.74) is 0.517. The van der Waals surface area contributed by atoms with Crippen LogP contribution in [0.4, 0.5) is 5.82 Å². The normalized spacial score (nSPS) is 17.3. The first-order valence-corrected chi connectivity index (χ1v) is 7.31. The molecule has 18 heavy (non-hydrogen) atoms. The van der Waals surface area contributed by atoms with Crippen LogP contribution in [-0.2, 0) is 10.0 Å². The van der Waals surface area contributed by atoms with Crippen LogP contribution < -0.4 is 4.31 Å². The molecule has 0 saturated carbocycles. The topological polar surface area (TPSA) is 70.5 Å². The molecule has 1 aliphatic heterocycles. The molecule has 0 radical (unpaired) electrons. The molecule has 0 bridgehead atoms. The van der Waals surface area contributed by atoms with Gasteiger partial charge in [0.25, 0.3) is 0 Å². The number of nitrogens with zero attached hydrogens (tertiary/aromatic N) is 2. The molecule has 0 spiro atoms. The predicted molar refractivity (Wildman–Crippen MR) is 68.6 cm³/mol. The minimum absolute atomic E-state index is 0.00714. The Hall–Kier alpha value is -1.58. The van der Waals surface area contributed by atoms with E-state index in [-0.39, 0.29) is 12.4 Å². The summed E-state index contributed by atoms with van der Waals surface area (Å²) in [4.78, 5) is 4.21. The Bertz CT molecular complexity index is 587. The molecule has 2 heterocycles. The zero-order chi connectivity index (χ0) is 13.0. The molecule has 1 fully saturated rings. The van der Waals surface area contributed by atoms with Gasteiger partial charge in [0.2, 0.25) is 10.0 Å². The summed E-state index contributed by atoms with van der Waals surface area (Å²) >= 11 is 0. The first-order valence-electron chi connectivity index (χ1n) is 5.71. The molecule has 0 aromatic carbocycles. The van der Waals surface area contributed by atoms with E-state index in [9.17, 15) is 8.42 Å². The molecular formula is C12H14N2O3S. The Morgan fingerprint density at radius 1 is 1.44 bits per heavy atom. The Balaban J connectivity index is 2.26. The van der Waals surface area contributed by atoms with Gasteiger partial charge in [-0.05, 0) is 24.5 Å². The van der Waals surface area contributed by atoms with Gasteiger partial charge < -0.3 is 5.11 Å². The summed E-state index contributed by atoms with van der Waals surface area (Å²) in [6.07, 6.45) is 1.01. The van der Waals surface area contributed by atoms with Crippen molar-refractivity contribution in [1.29, 1.82) is 0 Å². The highest BCUT2D eigenvalue weighted by Gasteiger charge is 2.29. The molecule has 5 nitrogen and oxygen atoms in total. The molecule has 0 aliphatic carbocycles. The maximum Gasteiger partial charge on any atom is 0.236 e. The minimum atomic E-state index is -3.20. The van der Waals surface area contributed by atoms with Gasteiger partial charge in [0.05, 0.1) is 12.4 Å². The number of hydrogen-bond donors (Lipinski definition) is 1. The Morgan fingerprint density at radius 2 is 2.28 bits per heavy atom. The second kappa shape index (κ2) is 5.38. The van der Waals surface area contributed by atoms with Crippen molar-refractivity contribution in [2.75, 3.05) is 23.2 Å². The summed E-state index contributed by atoms with van der Waals surface area (Å²) in [6.45, 7) is 0.482. The number of hydrogen-bond acceptors (Lipinski definition) is 4. The molecule has 1 aliphatic rings. The van der Waals surface area contributed by atoms with Crippen molar-refractivity contribution in [3.8, 4) is 11.8 Å². The van der Waals surface area contributed by atoms with Crippen molar-refractivity contribution in [3.63, 3.8) is 0 Å². The largest absolute Gasteiger partial charge is 0.395 e. The number of aliphatic hydroxyl groups excluding tert-OH is 1. The maximum atomic E-state index is 11.8. The summed E-state index contributed by atoms with van der Waals surface area (Å²) in [6, 6.07) is 5.12. The summed E-state index contributed by atoms with van der Waals surface area (Å²) in [5.74, 6) is 6.15.